The van der Waals surface area contributed by atoms with Gasteiger partial charge in [-0.1, -0.05) is 24.3 Å². The van der Waals surface area contributed by atoms with Gasteiger partial charge in [-0.2, -0.15) is 0 Å². The molecule has 136 valence electrons. The van der Waals surface area contributed by atoms with Crippen molar-refractivity contribution in [3.63, 3.8) is 0 Å². The highest BCUT2D eigenvalue weighted by Crippen LogP contribution is 2.25. The number of fused-ring (bicyclic) bond motifs is 1. The molecular weight excluding hydrogens is 332 g/mol. The van der Waals surface area contributed by atoms with Crippen molar-refractivity contribution in [1.29, 1.82) is 0 Å². The number of carbonyl (C=O) groups excluding carboxylic acids is 1. The summed E-state index contributed by atoms with van der Waals surface area (Å²) in [5.41, 5.74) is 1.63. The second-order valence-electron chi connectivity index (χ2n) is 5.78. The Morgan fingerprint density at radius 1 is 1.12 bits per heavy atom. The predicted octanol–water partition coefficient (Wildman–Crippen LogP) is 3.35. The molecule has 0 radical (unpaired) electrons. The van der Waals surface area contributed by atoms with Gasteiger partial charge in [-0.05, 0) is 30.7 Å². The van der Waals surface area contributed by atoms with Crippen LogP contribution in [0.2, 0.25) is 0 Å². The maximum Gasteiger partial charge on any atom is 0.220 e. The molecule has 1 aromatic heterocycles. The summed E-state index contributed by atoms with van der Waals surface area (Å²) in [6.07, 6.45) is 1.75. The molecule has 0 atom stereocenters. The molecule has 6 nitrogen and oxygen atoms in total. The summed E-state index contributed by atoms with van der Waals surface area (Å²) in [4.78, 5) is 16.3. The molecule has 0 unspecified atom stereocenters. The third kappa shape index (κ3) is 4.75. The molecule has 0 aliphatic rings. The number of carbonyl (C=O) groups is 1. The molecule has 0 spiro atoms. The number of aryl methyl sites for hydroxylation is 1. The Bertz CT molecular complexity index is 827. The topological polar surface area (TPSA) is 73.6 Å². The Labute approximate surface area is 152 Å². The van der Waals surface area contributed by atoms with E-state index in [2.05, 4.69) is 10.3 Å². The first-order valence-electron chi connectivity index (χ1n) is 8.63. The van der Waals surface area contributed by atoms with E-state index in [-0.39, 0.29) is 5.91 Å². The number of nitrogens with zero attached hydrogens (tertiary/aromatic N) is 1. The Morgan fingerprint density at radius 2 is 1.88 bits per heavy atom. The fourth-order valence-electron chi connectivity index (χ4n) is 2.60. The predicted molar refractivity (Wildman–Crippen MR) is 98.4 cm³/mol. The molecule has 0 saturated carbocycles. The Kier molecular flexibility index (Phi) is 6.09. The van der Waals surface area contributed by atoms with E-state index in [1.807, 2.05) is 48.5 Å². The highest BCUT2D eigenvalue weighted by atomic mass is 16.5. The molecular formula is C20H22N2O4. The minimum absolute atomic E-state index is 0.00950. The molecule has 1 heterocycles. The summed E-state index contributed by atoms with van der Waals surface area (Å²) in [7, 11) is 1.60. The zero-order valence-electron chi connectivity index (χ0n) is 14.7. The number of methoxy groups -OCH3 is 1. The number of benzene rings is 2. The first-order valence-corrected chi connectivity index (χ1v) is 8.63. The minimum Gasteiger partial charge on any atom is -0.493 e. The molecule has 0 saturated heterocycles. The van der Waals surface area contributed by atoms with Crippen molar-refractivity contribution in [3.05, 3.63) is 54.4 Å². The first-order chi connectivity index (χ1) is 12.8. The van der Waals surface area contributed by atoms with Crippen LogP contribution >= 0.6 is 0 Å². The van der Waals surface area contributed by atoms with Crippen LogP contribution in [0.4, 0.5) is 0 Å². The van der Waals surface area contributed by atoms with Crippen molar-refractivity contribution in [3.8, 4) is 11.5 Å². The van der Waals surface area contributed by atoms with E-state index in [1.54, 1.807) is 7.11 Å². The molecule has 0 aliphatic carbocycles. The smallest absolute Gasteiger partial charge is 0.220 e. The maximum atomic E-state index is 11.9. The van der Waals surface area contributed by atoms with Crippen LogP contribution in [0.15, 0.2) is 52.9 Å². The lowest BCUT2D eigenvalue weighted by molar-refractivity contribution is -0.121. The molecule has 3 aromatic rings. The second-order valence-corrected chi connectivity index (χ2v) is 5.78. The summed E-state index contributed by atoms with van der Waals surface area (Å²) in [6.45, 7) is 0.830. The van der Waals surface area contributed by atoms with E-state index < -0.39 is 0 Å². The van der Waals surface area contributed by atoms with Crippen molar-refractivity contribution >= 4 is 17.0 Å². The quantitative estimate of drug-likeness (QED) is 0.597. The zero-order valence-corrected chi connectivity index (χ0v) is 14.7. The lowest BCUT2D eigenvalue weighted by atomic mass is 10.2. The number of aromatic nitrogens is 1. The van der Waals surface area contributed by atoms with Gasteiger partial charge in [0.15, 0.2) is 23.0 Å². The van der Waals surface area contributed by atoms with E-state index in [1.165, 1.54) is 0 Å². The van der Waals surface area contributed by atoms with Gasteiger partial charge >= 0.3 is 0 Å². The molecule has 1 N–H and O–H groups in total. The fraction of sp³-hybridized carbons (Fsp3) is 0.300. The number of para-hydroxylation sites is 4. The van der Waals surface area contributed by atoms with Gasteiger partial charge in [-0.25, -0.2) is 4.98 Å². The normalized spacial score (nSPS) is 10.7. The largest absolute Gasteiger partial charge is 0.493 e. The summed E-state index contributed by atoms with van der Waals surface area (Å²) >= 11 is 0. The molecule has 0 bridgehead atoms. The van der Waals surface area contributed by atoms with Crippen molar-refractivity contribution in [2.75, 3.05) is 20.3 Å². The van der Waals surface area contributed by atoms with E-state index >= 15 is 0 Å². The van der Waals surface area contributed by atoms with Crippen molar-refractivity contribution in [2.45, 2.75) is 19.3 Å². The van der Waals surface area contributed by atoms with Crippen LogP contribution in [0.5, 0.6) is 11.5 Å². The number of rotatable bonds is 9. The highest BCUT2D eigenvalue weighted by Gasteiger charge is 2.07. The maximum absolute atomic E-state index is 11.9. The van der Waals surface area contributed by atoms with E-state index in [9.17, 15) is 4.79 Å². The molecule has 3 rings (SSSR count). The number of hydrogen-bond acceptors (Lipinski definition) is 5. The SMILES string of the molecule is COc1ccccc1OCCNC(=O)CCCc1nc2ccccc2o1. The van der Waals surface area contributed by atoms with Crippen LogP contribution in [0.25, 0.3) is 11.1 Å². The van der Waals surface area contributed by atoms with Gasteiger partial charge in [0, 0.05) is 12.8 Å². The summed E-state index contributed by atoms with van der Waals surface area (Å²) in [5.74, 6) is 2.00. The number of hydrogen-bond donors (Lipinski definition) is 1. The van der Waals surface area contributed by atoms with Crippen LogP contribution in [0.3, 0.4) is 0 Å². The molecule has 0 fully saturated rings. The van der Waals surface area contributed by atoms with E-state index in [0.29, 0.717) is 49.8 Å². The molecule has 0 aliphatic heterocycles. The molecule has 1 amide bonds. The Morgan fingerprint density at radius 3 is 2.69 bits per heavy atom. The van der Waals surface area contributed by atoms with E-state index in [4.69, 9.17) is 13.9 Å². The van der Waals surface area contributed by atoms with Crippen molar-refractivity contribution in [1.82, 2.24) is 10.3 Å². The van der Waals surface area contributed by atoms with Crippen LogP contribution in [-0.4, -0.2) is 31.2 Å². The highest BCUT2D eigenvalue weighted by molar-refractivity contribution is 5.75. The van der Waals surface area contributed by atoms with E-state index in [0.717, 1.165) is 11.1 Å². The number of amides is 1. The Hall–Kier alpha value is -3.02. The third-order valence-corrected chi connectivity index (χ3v) is 3.88. The van der Waals surface area contributed by atoms with Gasteiger partial charge in [0.05, 0.1) is 13.7 Å². The number of oxazole rings is 1. The van der Waals surface area contributed by atoms with Gasteiger partial charge in [-0.15, -0.1) is 0 Å². The van der Waals surface area contributed by atoms with Crippen LogP contribution in [-0.2, 0) is 11.2 Å². The summed E-state index contributed by atoms with van der Waals surface area (Å²) in [6, 6.07) is 15.1. The average Bonchev–Trinajstić information content (AvgIpc) is 3.08. The van der Waals surface area contributed by atoms with Gasteiger partial charge in [0.25, 0.3) is 0 Å². The standard InChI is InChI=1S/C20H22N2O4/c1-24-17-9-4-5-10-18(17)25-14-13-21-19(23)11-6-12-20-22-15-7-2-3-8-16(15)26-20/h2-5,7-10H,6,11-14H2,1H3,(H,21,23). The lowest BCUT2D eigenvalue weighted by Crippen LogP contribution is -2.27. The Balaban J connectivity index is 1.34. The summed E-state index contributed by atoms with van der Waals surface area (Å²) in [5, 5.41) is 2.85. The van der Waals surface area contributed by atoms with Crippen LogP contribution in [0.1, 0.15) is 18.7 Å². The summed E-state index contributed by atoms with van der Waals surface area (Å²) < 4.78 is 16.5. The zero-order chi connectivity index (χ0) is 18.2. The third-order valence-electron chi connectivity index (χ3n) is 3.88. The molecule has 6 heteroatoms. The van der Waals surface area contributed by atoms with Crippen LogP contribution < -0.4 is 14.8 Å². The minimum atomic E-state index is -0.00950. The number of ether oxygens (including phenoxy) is 2. The average molecular weight is 354 g/mol. The molecule has 2 aromatic carbocycles. The van der Waals surface area contributed by atoms with Gasteiger partial charge in [0.1, 0.15) is 12.1 Å². The van der Waals surface area contributed by atoms with Crippen molar-refractivity contribution < 1.29 is 18.7 Å². The van der Waals surface area contributed by atoms with Gasteiger partial charge in [0.2, 0.25) is 5.91 Å². The first kappa shape index (κ1) is 17.8. The fourth-order valence-corrected chi connectivity index (χ4v) is 2.60. The monoisotopic (exact) mass is 354 g/mol. The van der Waals surface area contributed by atoms with Gasteiger partial charge < -0.3 is 19.2 Å². The second kappa shape index (κ2) is 8.89. The number of nitrogens with one attached hydrogen (secondary N) is 1. The van der Waals surface area contributed by atoms with Crippen LogP contribution in [0, 0.1) is 0 Å². The lowest BCUT2D eigenvalue weighted by Gasteiger charge is -2.10. The van der Waals surface area contributed by atoms with Crippen molar-refractivity contribution in [2.24, 2.45) is 0 Å². The van der Waals surface area contributed by atoms with Gasteiger partial charge in [-0.3, -0.25) is 4.79 Å². The molecule has 26 heavy (non-hydrogen) atoms.